The van der Waals surface area contributed by atoms with Crippen molar-refractivity contribution in [2.45, 2.75) is 62.4 Å². The van der Waals surface area contributed by atoms with E-state index in [1.54, 1.807) is 6.92 Å². The molecule has 0 unspecified atom stereocenters. The maximum atomic E-state index is 11.1. The average Bonchev–Trinajstić information content (AvgIpc) is 2.35. The van der Waals surface area contributed by atoms with Crippen LogP contribution in [0.15, 0.2) is 12.2 Å². The molecule has 0 saturated carbocycles. The van der Waals surface area contributed by atoms with Crippen molar-refractivity contribution in [2.75, 3.05) is 6.61 Å². The molecule has 0 spiro atoms. The Morgan fingerprint density at radius 2 is 1.63 bits per heavy atom. The van der Waals surface area contributed by atoms with E-state index in [9.17, 15) is 4.79 Å². The Kier molecular flexibility index (Phi) is 13.0. The molecule has 110 valence electrons. The monoisotopic (exact) mass is 322 g/mol. The molecule has 2 radical (unpaired) electrons. The van der Waals surface area contributed by atoms with E-state index in [1.165, 1.54) is 32.1 Å². The first-order chi connectivity index (χ1) is 9.04. The van der Waals surface area contributed by atoms with Crippen molar-refractivity contribution < 1.29 is 9.53 Å². The molecule has 5 heteroatoms. The minimum atomic E-state index is -0.280. The Labute approximate surface area is 129 Å². The van der Waals surface area contributed by atoms with Crippen LogP contribution >= 0.6 is 23.2 Å². The van der Waals surface area contributed by atoms with Crippen LogP contribution in [-0.2, 0) is 9.53 Å². The average molecular weight is 323 g/mol. The summed E-state index contributed by atoms with van der Waals surface area (Å²) < 4.78 is 4.84. The van der Waals surface area contributed by atoms with Gasteiger partial charge in [-0.2, -0.15) is 0 Å². The van der Waals surface area contributed by atoms with Crippen LogP contribution in [0.1, 0.15) is 51.9 Å². The summed E-state index contributed by atoms with van der Waals surface area (Å²) >= 11 is 11.3. The van der Waals surface area contributed by atoms with E-state index in [0.29, 0.717) is 21.7 Å². The fourth-order valence-corrected chi connectivity index (χ4v) is 2.94. The Bertz CT molecular complexity index is 258. The molecule has 0 rings (SSSR count). The molecule has 19 heavy (non-hydrogen) atoms. The zero-order valence-corrected chi connectivity index (χ0v) is 14.2. The molecule has 0 aliphatic carbocycles. The first-order valence-electron chi connectivity index (χ1n) is 6.88. The first kappa shape index (κ1) is 19.0. The predicted molar refractivity (Wildman–Crippen MR) is 84.1 cm³/mol. The Morgan fingerprint density at radius 3 is 2.16 bits per heavy atom. The van der Waals surface area contributed by atoms with Gasteiger partial charge in [0.25, 0.3) is 0 Å². The molecule has 0 bridgehead atoms. The van der Waals surface area contributed by atoms with Gasteiger partial charge in [0.2, 0.25) is 0 Å². The molecular weight excluding hydrogens is 299 g/mol. The van der Waals surface area contributed by atoms with Crippen molar-refractivity contribution in [1.29, 1.82) is 0 Å². The van der Waals surface area contributed by atoms with Crippen LogP contribution in [0.25, 0.3) is 0 Å². The zero-order valence-electron chi connectivity index (χ0n) is 11.7. The number of unbranched alkanes of at least 4 members (excludes halogenated alkanes) is 6. The molecule has 0 heterocycles. The minimum absolute atomic E-state index is 0.179. The number of esters is 1. The predicted octanol–water partition coefficient (Wildman–Crippen LogP) is 4.72. The maximum Gasteiger partial charge on any atom is 0.333 e. The summed E-state index contributed by atoms with van der Waals surface area (Å²) in [6, 6.07) is 1.15. The second-order valence-electron chi connectivity index (χ2n) is 4.65. The molecule has 0 aliphatic rings. The van der Waals surface area contributed by atoms with Crippen LogP contribution in [0.5, 0.6) is 0 Å². The molecule has 0 saturated heterocycles. The van der Waals surface area contributed by atoms with E-state index in [0.717, 1.165) is 18.9 Å². The van der Waals surface area contributed by atoms with Crippen molar-refractivity contribution in [3.05, 3.63) is 12.2 Å². The highest BCUT2D eigenvalue weighted by Gasteiger charge is 2.02. The van der Waals surface area contributed by atoms with E-state index in [1.807, 2.05) is 0 Å². The third kappa shape index (κ3) is 14.2. The number of rotatable bonds is 12. The summed E-state index contributed by atoms with van der Waals surface area (Å²) in [7, 11) is 0.671. The van der Waals surface area contributed by atoms with Gasteiger partial charge >= 0.3 is 5.97 Å². The molecule has 0 aliphatic heterocycles. The summed E-state index contributed by atoms with van der Waals surface area (Å²) in [5.41, 5.74) is 0.469. The lowest BCUT2D eigenvalue weighted by Gasteiger charge is -2.04. The normalized spacial score (nSPS) is 10.7. The summed E-state index contributed by atoms with van der Waals surface area (Å²) in [6.45, 7) is 5.72. The van der Waals surface area contributed by atoms with Gasteiger partial charge < -0.3 is 4.74 Å². The second kappa shape index (κ2) is 13.0. The molecule has 0 amide bonds. The van der Waals surface area contributed by atoms with Gasteiger partial charge in [-0.15, -0.1) is 23.2 Å². The van der Waals surface area contributed by atoms with Crippen LogP contribution in [0, 0.1) is 0 Å². The van der Waals surface area contributed by atoms with Crippen molar-refractivity contribution >= 4 is 38.7 Å². The highest BCUT2D eigenvalue weighted by atomic mass is 35.5. The second-order valence-corrected chi connectivity index (χ2v) is 7.96. The Balaban J connectivity index is 3.11. The molecule has 2 nitrogen and oxygen atoms in total. The SMILES string of the molecule is C=C(C)C(=O)OCCCCCCCCC[Si]C(Cl)Cl. The topological polar surface area (TPSA) is 26.3 Å². The number of carbonyl (C=O) groups is 1. The van der Waals surface area contributed by atoms with Crippen LogP contribution < -0.4 is 0 Å². The Morgan fingerprint density at radius 1 is 1.11 bits per heavy atom. The van der Waals surface area contributed by atoms with Crippen molar-refractivity contribution in [2.24, 2.45) is 0 Å². The van der Waals surface area contributed by atoms with Crippen molar-refractivity contribution in [1.82, 2.24) is 0 Å². The van der Waals surface area contributed by atoms with Gasteiger partial charge in [0.05, 0.1) is 20.6 Å². The van der Waals surface area contributed by atoms with Gasteiger partial charge in [-0.3, -0.25) is 0 Å². The standard InChI is InChI=1S/C14H24Cl2O2Si/c1-12(2)13(17)18-10-8-6-4-3-5-7-9-11-19-14(15)16/h14H,1,3-11H2,2H3. The number of carbonyl (C=O) groups excluding carboxylic acids is 1. The smallest absolute Gasteiger partial charge is 0.333 e. The lowest BCUT2D eigenvalue weighted by molar-refractivity contribution is -0.139. The fourth-order valence-electron chi connectivity index (χ4n) is 1.61. The number of alkyl halides is 2. The molecular formula is C14H24Cl2O2Si. The Hall–Kier alpha value is 0.00688. The van der Waals surface area contributed by atoms with Crippen LogP contribution in [-0.4, -0.2) is 26.6 Å². The summed E-state index contributed by atoms with van der Waals surface area (Å²) in [5.74, 6) is -0.280. The highest BCUT2D eigenvalue weighted by Crippen LogP contribution is 2.10. The number of hydrogen-bond donors (Lipinski definition) is 0. The van der Waals surface area contributed by atoms with E-state index in [-0.39, 0.29) is 10.4 Å². The maximum absolute atomic E-state index is 11.1. The quantitative estimate of drug-likeness (QED) is 0.171. The lowest BCUT2D eigenvalue weighted by atomic mass is 10.1. The highest BCUT2D eigenvalue weighted by molar-refractivity contribution is 6.68. The van der Waals surface area contributed by atoms with Crippen LogP contribution in [0.3, 0.4) is 0 Å². The summed E-state index contributed by atoms with van der Waals surface area (Å²) in [6.07, 6.45) is 8.29. The van der Waals surface area contributed by atoms with Gasteiger partial charge in [0, 0.05) is 5.57 Å². The molecule has 0 atom stereocenters. The lowest BCUT2D eigenvalue weighted by Crippen LogP contribution is -2.05. The molecule has 0 aromatic rings. The van der Waals surface area contributed by atoms with Gasteiger partial charge in [-0.25, -0.2) is 4.79 Å². The van der Waals surface area contributed by atoms with E-state index >= 15 is 0 Å². The third-order valence-electron chi connectivity index (χ3n) is 2.70. The minimum Gasteiger partial charge on any atom is -0.462 e. The largest absolute Gasteiger partial charge is 0.462 e. The number of ether oxygens (including phenoxy) is 1. The number of halogens is 2. The van der Waals surface area contributed by atoms with Gasteiger partial charge in [-0.05, 0) is 13.3 Å². The molecule has 0 N–H and O–H groups in total. The van der Waals surface area contributed by atoms with Gasteiger partial charge in [0.1, 0.15) is 0 Å². The summed E-state index contributed by atoms with van der Waals surface area (Å²) in [4.78, 5) is 11.1. The molecule has 0 aromatic carbocycles. The van der Waals surface area contributed by atoms with E-state index in [4.69, 9.17) is 27.9 Å². The van der Waals surface area contributed by atoms with Gasteiger partial charge in [-0.1, -0.05) is 51.1 Å². The van der Waals surface area contributed by atoms with E-state index in [2.05, 4.69) is 6.58 Å². The third-order valence-corrected chi connectivity index (χ3v) is 4.58. The summed E-state index contributed by atoms with van der Waals surface area (Å²) in [5, 5.41) is 0. The van der Waals surface area contributed by atoms with Crippen molar-refractivity contribution in [3.8, 4) is 0 Å². The van der Waals surface area contributed by atoms with Crippen LogP contribution in [0.2, 0.25) is 6.04 Å². The first-order valence-corrected chi connectivity index (χ1v) is 9.04. The van der Waals surface area contributed by atoms with Crippen LogP contribution in [0.4, 0.5) is 0 Å². The number of hydrogen-bond acceptors (Lipinski definition) is 2. The van der Waals surface area contributed by atoms with E-state index < -0.39 is 0 Å². The molecule has 0 fully saturated rings. The molecule has 0 aromatic heterocycles. The van der Waals surface area contributed by atoms with Gasteiger partial charge in [0.15, 0.2) is 0 Å². The zero-order chi connectivity index (χ0) is 14.5. The fraction of sp³-hybridized carbons (Fsp3) is 0.786. The van der Waals surface area contributed by atoms with Crippen molar-refractivity contribution in [3.63, 3.8) is 0 Å².